The van der Waals surface area contributed by atoms with Gasteiger partial charge in [-0.3, -0.25) is 14.6 Å². The highest BCUT2D eigenvalue weighted by Gasteiger charge is 2.50. The molecule has 0 bridgehead atoms. The van der Waals surface area contributed by atoms with Crippen molar-refractivity contribution in [2.24, 2.45) is 11.3 Å². The number of amides is 2. The molecule has 1 saturated heterocycles. The van der Waals surface area contributed by atoms with E-state index >= 15 is 0 Å². The van der Waals surface area contributed by atoms with Gasteiger partial charge in [-0.05, 0) is 18.9 Å². The number of carboxylic acid groups (broad SMARTS) is 1. The Morgan fingerprint density at radius 2 is 2.05 bits per heavy atom. The number of aromatic carboxylic acids is 1. The second-order valence-corrected chi connectivity index (χ2v) is 5.52. The van der Waals surface area contributed by atoms with Crippen LogP contribution in [0.3, 0.4) is 0 Å². The number of anilines is 1. The molecule has 1 unspecified atom stereocenters. The van der Waals surface area contributed by atoms with Crippen molar-refractivity contribution in [1.82, 2.24) is 4.98 Å². The summed E-state index contributed by atoms with van der Waals surface area (Å²) in [6, 6.07) is 1.29. The fraction of sp³-hybridized carbons (Fsp3) is 0.429. The molecule has 20 heavy (non-hydrogen) atoms. The molecule has 1 atom stereocenters. The maximum atomic E-state index is 12.5. The number of hydrogen-bond acceptors (Lipinski definition) is 4. The first-order chi connectivity index (χ1) is 9.27. The molecule has 0 aromatic carbocycles. The lowest BCUT2D eigenvalue weighted by atomic mass is 9.78. The minimum Gasteiger partial charge on any atom is -0.478 e. The van der Waals surface area contributed by atoms with Crippen LogP contribution in [-0.4, -0.2) is 27.9 Å². The van der Waals surface area contributed by atoms with Gasteiger partial charge in [0, 0.05) is 12.6 Å². The van der Waals surface area contributed by atoms with Gasteiger partial charge in [0.1, 0.15) is 0 Å². The van der Waals surface area contributed by atoms with Gasteiger partial charge in [0.25, 0.3) is 0 Å². The van der Waals surface area contributed by atoms with E-state index in [1.54, 1.807) is 6.92 Å². The van der Waals surface area contributed by atoms with Crippen LogP contribution in [0.1, 0.15) is 37.6 Å². The number of rotatable bonds is 3. The van der Waals surface area contributed by atoms with Crippen molar-refractivity contribution in [3.8, 4) is 0 Å². The summed E-state index contributed by atoms with van der Waals surface area (Å²) in [6.07, 6.45) is 2.63. The molecular formula is C14H16N2O4. The molecule has 6 heteroatoms. The molecular weight excluding hydrogens is 260 g/mol. The number of carbonyl (C=O) groups is 3. The standard InChI is InChI=1S/C14H16N2O4/c1-8(2)14(3)5-11(17)16(13(14)20)10-4-9(12(18)19)6-15-7-10/h4,6-8H,5H2,1-3H3,(H,18,19). The molecule has 0 radical (unpaired) electrons. The Morgan fingerprint density at radius 1 is 1.40 bits per heavy atom. The van der Waals surface area contributed by atoms with Gasteiger partial charge in [0.2, 0.25) is 11.8 Å². The van der Waals surface area contributed by atoms with Gasteiger partial charge in [-0.25, -0.2) is 9.69 Å². The summed E-state index contributed by atoms with van der Waals surface area (Å²) in [5.41, 5.74) is -0.596. The Bertz CT molecular complexity index is 597. The Balaban J connectivity index is 2.43. The van der Waals surface area contributed by atoms with Crippen molar-refractivity contribution in [2.45, 2.75) is 27.2 Å². The number of carboxylic acids is 1. The van der Waals surface area contributed by atoms with Crippen LogP contribution in [0.25, 0.3) is 0 Å². The van der Waals surface area contributed by atoms with Crippen LogP contribution < -0.4 is 4.90 Å². The molecule has 1 fully saturated rings. The highest BCUT2D eigenvalue weighted by Crippen LogP contribution is 2.41. The molecule has 6 nitrogen and oxygen atoms in total. The number of aromatic nitrogens is 1. The summed E-state index contributed by atoms with van der Waals surface area (Å²) in [7, 11) is 0. The number of imide groups is 1. The van der Waals surface area contributed by atoms with E-state index in [9.17, 15) is 14.4 Å². The summed E-state index contributed by atoms with van der Waals surface area (Å²) in [5.74, 6) is -1.76. The van der Waals surface area contributed by atoms with E-state index in [-0.39, 0.29) is 35.4 Å². The lowest BCUT2D eigenvalue weighted by Crippen LogP contribution is -2.37. The van der Waals surface area contributed by atoms with Gasteiger partial charge in [-0.15, -0.1) is 0 Å². The first-order valence-electron chi connectivity index (χ1n) is 6.33. The molecule has 106 valence electrons. The number of pyridine rings is 1. The van der Waals surface area contributed by atoms with Crippen LogP contribution in [0.5, 0.6) is 0 Å². The molecule has 1 aliphatic rings. The Morgan fingerprint density at radius 3 is 2.55 bits per heavy atom. The van der Waals surface area contributed by atoms with E-state index in [1.165, 1.54) is 18.5 Å². The lowest BCUT2D eigenvalue weighted by Gasteiger charge is -2.25. The predicted octanol–water partition coefficient (Wildman–Crippen LogP) is 1.71. The molecule has 0 spiro atoms. The number of nitrogens with zero attached hydrogens (tertiary/aromatic N) is 2. The molecule has 2 amide bonds. The van der Waals surface area contributed by atoms with E-state index in [2.05, 4.69) is 4.98 Å². The summed E-state index contributed by atoms with van der Waals surface area (Å²) < 4.78 is 0. The van der Waals surface area contributed by atoms with Gasteiger partial charge in [0.15, 0.2) is 0 Å². The highest BCUT2D eigenvalue weighted by atomic mass is 16.4. The maximum Gasteiger partial charge on any atom is 0.337 e. The SMILES string of the molecule is CC(C)C1(C)CC(=O)N(c2cncc(C(=O)O)c2)C1=O. The van der Waals surface area contributed by atoms with Gasteiger partial charge >= 0.3 is 5.97 Å². The third-order valence-corrected chi connectivity index (χ3v) is 3.96. The summed E-state index contributed by atoms with van der Waals surface area (Å²) in [4.78, 5) is 40.4. The first kappa shape index (κ1) is 14.2. The monoisotopic (exact) mass is 276 g/mol. The second-order valence-electron chi connectivity index (χ2n) is 5.52. The van der Waals surface area contributed by atoms with E-state index < -0.39 is 11.4 Å². The molecule has 2 rings (SSSR count). The van der Waals surface area contributed by atoms with E-state index in [4.69, 9.17) is 5.11 Å². The zero-order valence-corrected chi connectivity index (χ0v) is 11.6. The minimum absolute atomic E-state index is 0.0135. The molecule has 0 saturated carbocycles. The fourth-order valence-corrected chi connectivity index (χ4v) is 2.22. The zero-order chi connectivity index (χ0) is 15.1. The van der Waals surface area contributed by atoms with E-state index in [0.717, 1.165) is 4.90 Å². The summed E-state index contributed by atoms with van der Waals surface area (Å²) in [5, 5.41) is 8.95. The molecule has 2 heterocycles. The van der Waals surface area contributed by atoms with Crippen LogP contribution in [-0.2, 0) is 9.59 Å². The smallest absolute Gasteiger partial charge is 0.337 e. The summed E-state index contributed by atoms with van der Waals surface area (Å²) in [6.45, 7) is 5.54. The van der Waals surface area contributed by atoms with Gasteiger partial charge in [-0.2, -0.15) is 0 Å². The normalized spacial score (nSPS) is 22.7. The highest BCUT2D eigenvalue weighted by molar-refractivity contribution is 6.22. The van der Waals surface area contributed by atoms with Crippen molar-refractivity contribution < 1.29 is 19.5 Å². The average molecular weight is 276 g/mol. The zero-order valence-electron chi connectivity index (χ0n) is 11.6. The second kappa shape index (κ2) is 4.70. The van der Waals surface area contributed by atoms with Crippen molar-refractivity contribution in [1.29, 1.82) is 0 Å². The Hall–Kier alpha value is -2.24. The largest absolute Gasteiger partial charge is 0.478 e. The molecule has 1 aromatic heterocycles. The Labute approximate surface area is 116 Å². The van der Waals surface area contributed by atoms with Crippen molar-refractivity contribution in [3.63, 3.8) is 0 Å². The predicted molar refractivity (Wildman–Crippen MR) is 71.3 cm³/mol. The number of carbonyl (C=O) groups excluding carboxylic acids is 2. The van der Waals surface area contributed by atoms with E-state index in [1.807, 2.05) is 13.8 Å². The summed E-state index contributed by atoms with van der Waals surface area (Å²) >= 11 is 0. The van der Waals surface area contributed by atoms with Gasteiger partial charge in [-0.1, -0.05) is 13.8 Å². The Kier molecular flexibility index (Phi) is 3.33. The topological polar surface area (TPSA) is 87.6 Å². The molecule has 1 aliphatic heterocycles. The fourth-order valence-electron chi connectivity index (χ4n) is 2.22. The maximum absolute atomic E-state index is 12.5. The van der Waals surface area contributed by atoms with Crippen molar-refractivity contribution in [3.05, 3.63) is 24.0 Å². The van der Waals surface area contributed by atoms with Crippen LogP contribution in [0.2, 0.25) is 0 Å². The average Bonchev–Trinajstić information content (AvgIpc) is 2.61. The number of hydrogen-bond donors (Lipinski definition) is 1. The van der Waals surface area contributed by atoms with Crippen molar-refractivity contribution >= 4 is 23.5 Å². The van der Waals surface area contributed by atoms with Crippen molar-refractivity contribution in [2.75, 3.05) is 4.90 Å². The first-order valence-corrected chi connectivity index (χ1v) is 6.33. The van der Waals surface area contributed by atoms with Crippen LogP contribution >= 0.6 is 0 Å². The van der Waals surface area contributed by atoms with E-state index in [0.29, 0.717) is 0 Å². The molecule has 1 aromatic rings. The quantitative estimate of drug-likeness (QED) is 0.849. The third kappa shape index (κ3) is 2.07. The van der Waals surface area contributed by atoms with Gasteiger partial charge < -0.3 is 5.11 Å². The minimum atomic E-state index is -1.15. The van der Waals surface area contributed by atoms with Gasteiger partial charge in [0.05, 0.1) is 22.9 Å². The third-order valence-electron chi connectivity index (χ3n) is 3.96. The molecule has 0 aliphatic carbocycles. The molecule has 1 N–H and O–H groups in total. The lowest BCUT2D eigenvalue weighted by molar-refractivity contribution is -0.126. The van der Waals surface area contributed by atoms with Crippen LogP contribution in [0, 0.1) is 11.3 Å². The van der Waals surface area contributed by atoms with Crippen LogP contribution in [0.15, 0.2) is 18.5 Å². The van der Waals surface area contributed by atoms with Crippen LogP contribution in [0.4, 0.5) is 5.69 Å².